The lowest BCUT2D eigenvalue weighted by molar-refractivity contribution is 0.0673. The SMILES string of the molecule is Cc1cccc(C[C@H]2CCCN(C(=O)c3ccc4ncccc4c3)C2)n1. The Morgan fingerprint density at radius 1 is 1.19 bits per heavy atom. The maximum atomic E-state index is 13.0. The van der Waals surface area contributed by atoms with Crippen molar-refractivity contribution in [2.45, 2.75) is 26.2 Å². The van der Waals surface area contributed by atoms with E-state index in [0.29, 0.717) is 5.92 Å². The van der Waals surface area contributed by atoms with Gasteiger partial charge >= 0.3 is 0 Å². The minimum atomic E-state index is 0.123. The van der Waals surface area contributed by atoms with Crippen LogP contribution in [0, 0.1) is 12.8 Å². The highest BCUT2D eigenvalue weighted by Gasteiger charge is 2.25. The first-order chi connectivity index (χ1) is 12.7. The number of amides is 1. The van der Waals surface area contributed by atoms with E-state index in [-0.39, 0.29) is 5.91 Å². The number of fused-ring (bicyclic) bond motifs is 1. The van der Waals surface area contributed by atoms with Gasteiger partial charge < -0.3 is 4.90 Å². The van der Waals surface area contributed by atoms with Crippen molar-refractivity contribution in [1.82, 2.24) is 14.9 Å². The maximum Gasteiger partial charge on any atom is 0.253 e. The molecule has 0 unspecified atom stereocenters. The zero-order valence-corrected chi connectivity index (χ0v) is 15.1. The van der Waals surface area contributed by atoms with Gasteiger partial charge in [0.1, 0.15) is 0 Å². The molecular weight excluding hydrogens is 322 g/mol. The molecule has 1 fully saturated rings. The average Bonchev–Trinajstić information content (AvgIpc) is 2.67. The Morgan fingerprint density at radius 3 is 3.00 bits per heavy atom. The van der Waals surface area contributed by atoms with Crippen LogP contribution in [-0.2, 0) is 6.42 Å². The van der Waals surface area contributed by atoms with Gasteiger partial charge in [-0.05, 0) is 68.5 Å². The first-order valence-corrected chi connectivity index (χ1v) is 9.25. The number of aryl methyl sites for hydroxylation is 1. The fourth-order valence-corrected chi connectivity index (χ4v) is 3.82. The largest absolute Gasteiger partial charge is 0.338 e. The van der Waals surface area contributed by atoms with Gasteiger partial charge in [0, 0.05) is 41.6 Å². The van der Waals surface area contributed by atoms with Gasteiger partial charge in [0.05, 0.1) is 5.52 Å². The summed E-state index contributed by atoms with van der Waals surface area (Å²) in [4.78, 5) is 23.9. The smallest absolute Gasteiger partial charge is 0.253 e. The summed E-state index contributed by atoms with van der Waals surface area (Å²) in [6.45, 7) is 3.66. The predicted molar refractivity (Wildman–Crippen MR) is 103 cm³/mol. The minimum absolute atomic E-state index is 0.123. The molecular formula is C22H23N3O. The molecule has 132 valence electrons. The van der Waals surface area contributed by atoms with Crippen LogP contribution < -0.4 is 0 Å². The monoisotopic (exact) mass is 345 g/mol. The molecule has 1 atom stereocenters. The summed E-state index contributed by atoms with van der Waals surface area (Å²) in [6.07, 6.45) is 4.92. The molecule has 0 radical (unpaired) electrons. The summed E-state index contributed by atoms with van der Waals surface area (Å²) >= 11 is 0. The number of hydrogen-bond acceptors (Lipinski definition) is 3. The van der Waals surface area contributed by atoms with Gasteiger partial charge in [-0.25, -0.2) is 0 Å². The van der Waals surface area contributed by atoms with Gasteiger partial charge in [-0.1, -0.05) is 12.1 Å². The number of aromatic nitrogens is 2. The molecule has 1 amide bonds. The Balaban J connectivity index is 1.48. The molecule has 1 saturated heterocycles. The molecule has 0 aliphatic carbocycles. The number of carbonyl (C=O) groups excluding carboxylic acids is 1. The van der Waals surface area contributed by atoms with E-state index in [0.717, 1.165) is 60.2 Å². The topological polar surface area (TPSA) is 46.1 Å². The molecule has 26 heavy (non-hydrogen) atoms. The fraction of sp³-hybridized carbons (Fsp3) is 0.318. The van der Waals surface area contributed by atoms with Crippen LogP contribution in [0.15, 0.2) is 54.7 Å². The normalized spacial score (nSPS) is 17.4. The van der Waals surface area contributed by atoms with E-state index in [1.165, 1.54) is 0 Å². The van der Waals surface area contributed by atoms with Crippen LogP contribution in [0.1, 0.15) is 34.6 Å². The second kappa shape index (κ2) is 7.24. The van der Waals surface area contributed by atoms with Crippen LogP contribution in [0.2, 0.25) is 0 Å². The Bertz CT molecular complexity index is 937. The zero-order chi connectivity index (χ0) is 17.9. The van der Waals surface area contributed by atoms with Crippen LogP contribution in [0.25, 0.3) is 10.9 Å². The minimum Gasteiger partial charge on any atom is -0.338 e. The molecule has 1 aliphatic rings. The van der Waals surface area contributed by atoms with Gasteiger partial charge in [-0.15, -0.1) is 0 Å². The quantitative estimate of drug-likeness (QED) is 0.720. The van der Waals surface area contributed by atoms with E-state index in [1.54, 1.807) is 6.20 Å². The van der Waals surface area contributed by atoms with Crippen molar-refractivity contribution >= 4 is 16.8 Å². The molecule has 3 aromatic rings. The van der Waals surface area contributed by atoms with Gasteiger partial charge in [0.25, 0.3) is 5.91 Å². The highest BCUT2D eigenvalue weighted by atomic mass is 16.2. The lowest BCUT2D eigenvalue weighted by atomic mass is 9.92. The Hall–Kier alpha value is -2.75. The summed E-state index contributed by atoms with van der Waals surface area (Å²) in [5, 5.41) is 1.01. The third-order valence-corrected chi connectivity index (χ3v) is 5.10. The average molecular weight is 345 g/mol. The Kier molecular flexibility index (Phi) is 4.65. The second-order valence-electron chi connectivity index (χ2n) is 7.14. The van der Waals surface area contributed by atoms with Crippen molar-refractivity contribution in [3.8, 4) is 0 Å². The number of hydrogen-bond donors (Lipinski definition) is 0. The van der Waals surface area contributed by atoms with E-state index >= 15 is 0 Å². The third kappa shape index (κ3) is 3.59. The van der Waals surface area contributed by atoms with E-state index in [2.05, 4.69) is 22.1 Å². The number of nitrogens with zero attached hydrogens (tertiary/aromatic N) is 3. The van der Waals surface area contributed by atoms with Crippen molar-refractivity contribution in [1.29, 1.82) is 0 Å². The van der Waals surface area contributed by atoms with Crippen molar-refractivity contribution < 1.29 is 4.79 Å². The van der Waals surface area contributed by atoms with E-state index in [4.69, 9.17) is 0 Å². The zero-order valence-electron chi connectivity index (χ0n) is 15.1. The van der Waals surface area contributed by atoms with Crippen LogP contribution in [0.3, 0.4) is 0 Å². The third-order valence-electron chi connectivity index (χ3n) is 5.10. The molecule has 1 aliphatic heterocycles. The van der Waals surface area contributed by atoms with Crippen molar-refractivity contribution in [2.75, 3.05) is 13.1 Å². The van der Waals surface area contributed by atoms with E-state index in [1.807, 2.05) is 48.2 Å². The van der Waals surface area contributed by atoms with Crippen LogP contribution in [0.5, 0.6) is 0 Å². The molecule has 3 heterocycles. The van der Waals surface area contributed by atoms with Gasteiger partial charge in [-0.2, -0.15) is 0 Å². The number of rotatable bonds is 3. The van der Waals surface area contributed by atoms with Crippen LogP contribution >= 0.6 is 0 Å². The summed E-state index contributed by atoms with van der Waals surface area (Å²) in [6, 6.07) is 15.9. The number of likely N-dealkylation sites (tertiary alicyclic amines) is 1. The lowest BCUT2D eigenvalue weighted by Crippen LogP contribution is -2.40. The molecule has 4 nitrogen and oxygen atoms in total. The first-order valence-electron chi connectivity index (χ1n) is 9.25. The van der Waals surface area contributed by atoms with Crippen molar-refractivity contribution in [3.05, 3.63) is 71.7 Å². The number of pyridine rings is 2. The van der Waals surface area contributed by atoms with Crippen molar-refractivity contribution in [3.63, 3.8) is 0 Å². The summed E-state index contributed by atoms with van der Waals surface area (Å²) in [5.74, 6) is 0.599. The van der Waals surface area contributed by atoms with Crippen LogP contribution in [0.4, 0.5) is 0 Å². The molecule has 0 spiro atoms. The standard InChI is InChI=1S/C22H23N3O/c1-16-5-2-8-20(24-16)13-17-6-4-12-25(15-17)22(26)19-9-10-21-18(14-19)7-3-11-23-21/h2-3,5,7-11,14,17H,4,6,12-13,15H2,1H3/t17-/m1/s1. The molecule has 4 heteroatoms. The van der Waals surface area contributed by atoms with E-state index < -0.39 is 0 Å². The van der Waals surface area contributed by atoms with Gasteiger partial charge in [0.15, 0.2) is 0 Å². The highest BCUT2D eigenvalue weighted by Crippen LogP contribution is 2.23. The second-order valence-corrected chi connectivity index (χ2v) is 7.14. The first kappa shape index (κ1) is 16.7. The molecule has 1 aromatic carbocycles. The number of benzene rings is 1. The molecule has 0 N–H and O–H groups in total. The Labute approximate surface area is 153 Å². The van der Waals surface area contributed by atoms with Crippen LogP contribution in [-0.4, -0.2) is 33.9 Å². The highest BCUT2D eigenvalue weighted by molar-refractivity contribution is 5.98. The number of carbonyl (C=O) groups is 1. The van der Waals surface area contributed by atoms with E-state index in [9.17, 15) is 4.79 Å². The number of piperidine rings is 1. The molecule has 2 aromatic heterocycles. The molecule has 4 rings (SSSR count). The maximum absolute atomic E-state index is 13.0. The summed E-state index contributed by atoms with van der Waals surface area (Å²) in [5.41, 5.74) is 3.85. The van der Waals surface area contributed by atoms with Gasteiger partial charge in [0.2, 0.25) is 0 Å². The molecule has 0 bridgehead atoms. The predicted octanol–water partition coefficient (Wildman–Crippen LogP) is 4.03. The molecule has 0 saturated carbocycles. The summed E-state index contributed by atoms with van der Waals surface area (Å²) < 4.78 is 0. The lowest BCUT2D eigenvalue weighted by Gasteiger charge is -2.33. The fourth-order valence-electron chi connectivity index (χ4n) is 3.82. The van der Waals surface area contributed by atoms with Gasteiger partial charge in [-0.3, -0.25) is 14.8 Å². The van der Waals surface area contributed by atoms with Crippen molar-refractivity contribution in [2.24, 2.45) is 5.92 Å². The summed E-state index contributed by atoms with van der Waals surface area (Å²) in [7, 11) is 0. The Morgan fingerprint density at radius 2 is 2.12 bits per heavy atom.